The van der Waals surface area contributed by atoms with Crippen molar-refractivity contribution in [2.24, 2.45) is 4.99 Å². The maximum absolute atomic E-state index is 13.3. The molecule has 0 saturated carbocycles. The molecule has 1 heterocycles. The highest BCUT2D eigenvalue weighted by Crippen LogP contribution is 2.24. The minimum absolute atomic E-state index is 0.0290. The molecule has 0 unspecified atom stereocenters. The minimum atomic E-state index is -0.289. The van der Waals surface area contributed by atoms with E-state index >= 15 is 0 Å². The number of hydrogen-bond donors (Lipinski definition) is 0. The molecule has 1 aliphatic heterocycles. The molecule has 0 amide bonds. The molecule has 0 atom stereocenters. The summed E-state index contributed by atoms with van der Waals surface area (Å²) >= 11 is 1.64. The summed E-state index contributed by atoms with van der Waals surface area (Å²) in [5, 5.41) is 0.829. The number of carbonyl (C=O) groups excluding carboxylic acids is 1. The van der Waals surface area contributed by atoms with Crippen molar-refractivity contribution in [3.63, 3.8) is 0 Å². The molecule has 0 bridgehead atoms. The van der Waals surface area contributed by atoms with Gasteiger partial charge in [0.1, 0.15) is 5.82 Å². The van der Waals surface area contributed by atoms with Gasteiger partial charge in [-0.1, -0.05) is 23.9 Å². The van der Waals surface area contributed by atoms with E-state index in [1.807, 2.05) is 36.9 Å². The molecule has 2 aromatic carbocycles. The number of carbonyl (C=O) groups is 1. The second kappa shape index (κ2) is 7.83. The Bertz CT molecular complexity index is 802. The summed E-state index contributed by atoms with van der Waals surface area (Å²) < 4.78 is 13.3. The van der Waals surface area contributed by atoms with E-state index < -0.39 is 0 Å². The number of aryl methyl sites for hydroxylation is 2. The highest BCUT2D eigenvalue weighted by molar-refractivity contribution is 8.14. The van der Waals surface area contributed by atoms with E-state index in [1.165, 1.54) is 17.7 Å². The van der Waals surface area contributed by atoms with Crippen LogP contribution in [0.15, 0.2) is 47.5 Å². The molecule has 130 valence electrons. The van der Waals surface area contributed by atoms with Crippen LogP contribution in [0.2, 0.25) is 0 Å². The van der Waals surface area contributed by atoms with Crippen LogP contribution in [-0.2, 0) is 0 Å². The lowest BCUT2D eigenvalue weighted by molar-refractivity contribution is 0.100. The smallest absolute Gasteiger partial charge is 0.182 e. The van der Waals surface area contributed by atoms with Crippen LogP contribution in [0, 0.1) is 19.7 Å². The van der Waals surface area contributed by atoms with Gasteiger partial charge in [-0.05, 0) is 61.7 Å². The van der Waals surface area contributed by atoms with Crippen molar-refractivity contribution in [3.05, 3.63) is 65.0 Å². The van der Waals surface area contributed by atoms with Crippen molar-refractivity contribution in [2.75, 3.05) is 23.7 Å². The number of aliphatic imine (C=N–C) groups is 1. The van der Waals surface area contributed by atoms with Crippen molar-refractivity contribution in [2.45, 2.75) is 20.3 Å². The fraction of sp³-hybridized carbons (Fsp3) is 0.300. The molecule has 0 radical (unpaired) electrons. The molecule has 3 nitrogen and oxygen atoms in total. The van der Waals surface area contributed by atoms with Crippen LogP contribution in [-0.4, -0.2) is 29.8 Å². The first-order valence-electron chi connectivity index (χ1n) is 8.35. The molecule has 25 heavy (non-hydrogen) atoms. The Balaban J connectivity index is 1.88. The van der Waals surface area contributed by atoms with Gasteiger partial charge in [-0.15, -0.1) is 0 Å². The number of thioether (sulfide) groups is 1. The first-order valence-corrected chi connectivity index (χ1v) is 9.34. The highest BCUT2D eigenvalue weighted by Gasteiger charge is 2.20. The summed E-state index contributed by atoms with van der Waals surface area (Å²) in [6, 6.07) is 12.0. The molecule has 0 spiro atoms. The van der Waals surface area contributed by atoms with Gasteiger partial charge in [-0.25, -0.2) is 4.39 Å². The number of Topliss-reactive ketones (excluding diaryl/α,β-unsaturated/α-hetero) is 1. The van der Waals surface area contributed by atoms with Gasteiger partial charge in [-0.2, -0.15) is 0 Å². The molecule has 1 aliphatic rings. The molecule has 5 heteroatoms. The second-order valence-corrected chi connectivity index (χ2v) is 7.21. The third-order valence-corrected chi connectivity index (χ3v) is 5.38. The topological polar surface area (TPSA) is 32.7 Å². The summed E-state index contributed by atoms with van der Waals surface area (Å²) in [5.41, 5.74) is 3.74. The predicted octanol–water partition coefficient (Wildman–Crippen LogP) is 4.62. The Morgan fingerprint density at radius 3 is 2.56 bits per heavy atom. The maximum atomic E-state index is 13.3. The highest BCUT2D eigenvalue weighted by atomic mass is 32.2. The lowest BCUT2D eigenvalue weighted by atomic mass is 10.0. The van der Waals surface area contributed by atoms with E-state index in [1.54, 1.807) is 23.9 Å². The zero-order chi connectivity index (χ0) is 17.8. The van der Waals surface area contributed by atoms with E-state index in [0.29, 0.717) is 5.56 Å². The van der Waals surface area contributed by atoms with Gasteiger partial charge in [0.2, 0.25) is 0 Å². The molecular formula is C20H21FN2OS. The molecule has 0 saturated heterocycles. The Labute approximate surface area is 152 Å². The molecule has 2 aromatic rings. The summed E-state index contributed by atoms with van der Waals surface area (Å²) in [6.07, 6.45) is 1.04. The third kappa shape index (κ3) is 4.28. The molecule has 0 fully saturated rings. The first kappa shape index (κ1) is 17.7. The van der Waals surface area contributed by atoms with Crippen LogP contribution < -0.4 is 4.90 Å². The number of anilines is 1. The molecule has 0 aromatic heterocycles. The van der Waals surface area contributed by atoms with Crippen molar-refractivity contribution >= 4 is 28.4 Å². The van der Waals surface area contributed by atoms with Crippen LogP contribution >= 0.6 is 11.8 Å². The van der Waals surface area contributed by atoms with Gasteiger partial charge in [0.05, 0.1) is 6.54 Å². The largest absolute Gasteiger partial charge is 0.313 e. The third-order valence-electron chi connectivity index (χ3n) is 4.28. The quantitative estimate of drug-likeness (QED) is 0.749. The average molecular weight is 356 g/mol. The van der Waals surface area contributed by atoms with Crippen molar-refractivity contribution in [1.82, 2.24) is 0 Å². The van der Waals surface area contributed by atoms with Crippen molar-refractivity contribution in [1.29, 1.82) is 0 Å². The number of nitrogens with zero attached hydrogens (tertiary/aromatic N) is 2. The fourth-order valence-electron chi connectivity index (χ4n) is 2.65. The number of halogens is 1. The van der Waals surface area contributed by atoms with Gasteiger partial charge >= 0.3 is 0 Å². The number of amidine groups is 1. The number of rotatable bonds is 4. The number of hydrogen-bond acceptors (Lipinski definition) is 4. The molecular weight excluding hydrogens is 335 g/mol. The fourth-order valence-corrected chi connectivity index (χ4v) is 3.62. The van der Waals surface area contributed by atoms with Crippen LogP contribution in [0.1, 0.15) is 27.9 Å². The second-order valence-electron chi connectivity index (χ2n) is 6.15. The van der Waals surface area contributed by atoms with E-state index in [-0.39, 0.29) is 18.1 Å². The Morgan fingerprint density at radius 2 is 1.92 bits per heavy atom. The summed E-state index contributed by atoms with van der Waals surface area (Å²) in [6.45, 7) is 4.99. The Hall–Kier alpha value is -2.14. The maximum Gasteiger partial charge on any atom is 0.182 e. The predicted molar refractivity (Wildman–Crippen MR) is 103 cm³/mol. The van der Waals surface area contributed by atoms with Crippen LogP contribution in [0.3, 0.4) is 0 Å². The number of ketones is 1. The standard InChI is InChI=1S/C20H21FN2OS/c1-14-4-5-16(12-15(14)2)19(24)13-23(20-22-10-3-11-25-20)18-8-6-17(21)7-9-18/h4-9,12H,3,10-11,13H2,1-2H3. The lowest BCUT2D eigenvalue weighted by Gasteiger charge is -2.27. The Morgan fingerprint density at radius 1 is 1.16 bits per heavy atom. The van der Waals surface area contributed by atoms with Gasteiger partial charge in [0.15, 0.2) is 11.0 Å². The minimum Gasteiger partial charge on any atom is -0.313 e. The van der Waals surface area contributed by atoms with Crippen molar-refractivity contribution < 1.29 is 9.18 Å². The van der Waals surface area contributed by atoms with Gasteiger partial charge < -0.3 is 4.90 Å². The molecule has 0 N–H and O–H groups in total. The summed E-state index contributed by atoms with van der Waals surface area (Å²) in [7, 11) is 0. The average Bonchev–Trinajstić information content (AvgIpc) is 2.63. The Kier molecular flexibility index (Phi) is 5.53. The van der Waals surface area contributed by atoms with E-state index in [2.05, 4.69) is 4.99 Å². The van der Waals surface area contributed by atoms with Gasteiger partial charge in [0, 0.05) is 23.5 Å². The monoisotopic (exact) mass is 356 g/mol. The van der Waals surface area contributed by atoms with Crippen LogP contribution in [0.5, 0.6) is 0 Å². The molecule has 0 aliphatic carbocycles. The zero-order valence-corrected chi connectivity index (χ0v) is 15.3. The van der Waals surface area contributed by atoms with Crippen LogP contribution in [0.4, 0.5) is 10.1 Å². The zero-order valence-electron chi connectivity index (χ0n) is 14.5. The summed E-state index contributed by atoms with van der Waals surface area (Å²) in [5.74, 6) is 0.720. The molecule has 3 rings (SSSR count). The SMILES string of the molecule is Cc1ccc(C(=O)CN(C2=NCCCS2)c2ccc(F)cc2)cc1C. The van der Waals surface area contributed by atoms with Crippen molar-refractivity contribution in [3.8, 4) is 0 Å². The number of benzene rings is 2. The van der Waals surface area contributed by atoms with E-state index in [0.717, 1.165) is 35.1 Å². The van der Waals surface area contributed by atoms with E-state index in [9.17, 15) is 9.18 Å². The first-order chi connectivity index (χ1) is 12.0. The lowest BCUT2D eigenvalue weighted by Crippen LogP contribution is -2.35. The summed E-state index contributed by atoms with van der Waals surface area (Å²) in [4.78, 5) is 19.3. The van der Waals surface area contributed by atoms with Crippen LogP contribution in [0.25, 0.3) is 0 Å². The van der Waals surface area contributed by atoms with E-state index in [4.69, 9.17) is 0 Å². The van der Waals surface area contributed by atoms with Gasteiger partial charge in [0.25, 0.3) is 0 Å². The van der Waals surface area contributed by atoms with Gasteiger partial charge in [-0.3, -0.25) is 9.79 Å². The normalized spacial score (nSPS) is 14.1.